The Bertz CT molecular complexity index is 629. The Kier molecular flexibility index (Phi) is 9.66. The van der Waals surface area contributed by atoms with Crippen LogP contribution in [0.2, 0.25) is 0 Å². The van der Waals surface area contributed by atoms with E-state index in [1.165, 1.54) is 27.7 Å². The van der Waals surface area contributed by atoms with E-state index in [0.717, 1.165) is 0 Å². The number of hydrogen-bond donors (Lipinski definition) is 0. The van der Waals surface area contributed by atoms with E-state index in [2.05, 4.69) is 0 Å². The van der Waals surface area contributed by atoms with Crippen LogP contribution in [-0.4, -0.2) is 100.0 Å². The smallest absolute Gasteiger partial charge is 0.303 e. The summed E-state index contributed by atoms with van der Waals surface area (Å²) in [6, 6.07) is 0. The Morgan fingerprint density at radius 3 is 1.73 bits per heavy atom. The second-order valence-electron chi connectivity index (χ2n) is 7.95. The van der Waals surface area contributed by atoms with Crippen molar-refractivity contribution in [3.63, 3.8) is 0 Å². The number of hydrogen-bond acceptors (Lipinski definition) is 10. The van der Waals surface area contributed by atoms with Crippen molar-refractivity contribution in [2.75, 3.05) is 40.9 Å². The van der Waals surface area contributed by atoms with Gasteiger partial charge in [-0.15, -0.1) is 0 Å². The Balaban J connectivity index is 3.22. The minimum Gasteiger partial charge on any atom is -0.463 e. The van der Waals surface area contributed by atoms with Gasteiger partial charge in [0.15, 0.2) is 24.6 Å². The quantitative estimate of drug-likeness (QED) is 0.274. The van der Waals surface area contributed by atoms with E-state index in [1.807, 2.05) is 21.1 Å². The first-order chi connectivity index (χ1) is 13.8. The fraction of sp³-hybridized carbons (Fsp3) is 0.789. The van der Waals surface area contributed by atoms with Crippen molar-refractivity contribution in [1.82, 2.24) is 0 Å². The molecule has 0 aliphatic carbocycles. The third-order valence-corrected chi connectivity index (χ3v) is 3.99. The first-order valence-electron chi connectivity index (χ1n) is 9.52. The SMILES string of the molecule is CC(=O)OCC1OC(OCC[N+](C)(C)C)C(OC(C)=O)C(OC(C)=O)C1OC(C)=O. The van der Waals surface area contributed by atoms with Gasteiger partial charge in [0.2, 0.25) is 0 Å². The second kappa shape index (κ2) is 11.2. The summed E-state index contributed by atoms with van der Waals surface area (Å²) in [7, 11) is 5.91. The molecule has 30 heavy (non-hydrogen) atoms. The maximum absolute atomic E-state index is 11.7. The van der Waals surface area contributed by atoms with E-state index in [-0.39, 0.29) is 13.2 Å². The molecule has 5 atom stereocenters. The van der Waals surface area contributed by atoms with E-state index >= 15 is 0 Å². The predicted molar refractivity (Wildman–Crippen MR) is 101 cm³/mol. The molecule has 0 aromatic carbocycles. The molecule has 1 saturated heterocycles. The molecular weight excluding hydrogens is 402 g/mol. The normalized spacial score (nSPS) is 26.4. The highest BCUT2D eigenvalue weighted by atomic mass is 16.7. The van der Waals surface area contributed by atoms with Gasteiger partial charge in [-0.25, -0.2) is 0 Å². The Labute approximate surface area is 176 Å². The fourth-order valence-corrected chi connectivity index (χ4v) is 2.77. The van der Waals surface area contributed by atoms with Gasteiger partial charge < -0.3 is 32.9 Å². The summed E-state index contributed by atoms with van der Waals surface area (Å²) in [5, 5.41) is 0. The highest BCUT2D eigenvalue weighted by molar-refractivity contribution is 5.68. The number of carbonyl (C=O) groups is 4. The number of quaternary nitrogens is 1. The molecule has 5 unspecified atom stereocenters. The van der Waals surface area contributed by atoms with Crippen LogP contribution in [0.15, 0.2) is 0 Å². The Hall–Kier alpha value is -2.24. The number of rotatable bonds is 9. The lowest BCUT2D eigenvalue weighted by Gasteiger charge is -2.44. The van der Waals surface area contributed by atoms with Gasteiger partial charge in [0, 0.05) is 27.7 Å². The van der Waals surface area contributed by atoms with Crippen molar-refractivity contribution in [2.24, 2.45) is 0 Å². The maximum Gasteiger partial charge on any atom is 0.303 e. The average molecular weight is 434 g/mol. The summed E-state index contributed by atoms with van der Waals surface area (Å²) < 4.78 is 33.2. The third-order valence-electron chi connectivity index (χ3n) is 3.99. The molecule has 0 bridgehead atoms. The lowest BCUT2D eigenvalue weighted by molar-refractivity contribution is -0.871. The number of likely N-dealkylation sites (N-methyl/N-ethyl adjacent to an activating group) is 1. The summed E-state index contributed by atoms with van der Waals surface area (Å²) in [5.74, 6) is -2.61. The molecule has 0 amide bonds. The van der Waals surface area contributed by atoms with E-state index in [1.54, 1.807) is 0 Å². The van der Waals surface area contributed by atoms with Crippen LogP contribution in [0.4, 0.5) is 0 Å². The largest absolute Gasteiger partial charge is 0.463 e. The van der Waals surface area contributed by atoms with Gasteiger partial charge in [0.05, 0.1) is 27.7 Å². The van der Waals surface area contributed by atoms with Gasteiger partial charge >= 0.3 is 23.9 Å². The van der Waals surface area contributed by atoms with Crippen LogP contribution >= 0.6 is 0 Å². The summed E-state index contributed by atoms with van der Waals surface area (Å²) in [5.41, 5.74) is 0. The molecule has 1 aliphatic rings. The highest BCUT2D eigenvalue weighted by Gasteiger charge is 2.52. The summed E-state index contributed by atoms with van der Waals surface area (Å²) in [6.07, 6.45) is -5.76. The van der Waals surface area contributed by atoms with Gasteiger partial charge in [-0.3, -0.25) is 19.2 Å². The molecule has 0 spiro atoms. The van der Waals surface area contributed by atoms with Crippen molar-refractivity contribution in [3.8, 4) is 0 Å². The molecule has 0 N–H and O–H groups in total. The molecule has 0 aromatic rings. The van der Waals surface area contributed by atoms with Crippen molar-refractivity contribution >= 4 is 23.9 Å². The first kappa shape index (κ1) is 25.8. The molecule has 0 aromatic heterocycles. The molecule has 0 saturated carbocycles. The first-order valence-corrected chi connectivity index (χ1v) is 9.52. The lowest BCUT2D eigenvalue weighted by atomic mass is 9.98. The number of ether oxygens (including phenoxy) is 6. The molecule has 11 nitrogen and oxygen atoms in total. The highest BCUT2D eigenvalue weighted by Crippen LogP contribution is 2.30. The van der Waals surface area contributed by atoms with Gasteiger partial charge in [-0.05, 0) is 0 Å². The minimum absolute atomic E-state index is 0.233. The zero-order valence-corrected chi connectivity index (χ0v) is 18.5. The lowest BCUT2D eigenvalue weighted by Crippen LogP contribution is -2.63. The zero-order valence-electron chi connectivity index (χ0n) is 18.5. The van der Waals surface area contributed by atoms with Crippen molar-refractivity contribution in [3.05, 3.63) is 0 Å². The molecule has 1 aliphatic heterocycles. The van der Waals surface area contributed by atoms with E-state index in [9.17, 15) is 19.2 Å². The van der Waals surface area contributed by atoms with Crippen LogP contribution in [-0.2, 0) is 47.6 Å². The molecule has 1 rings (SSSR count). The van der Waals surface area contributed by atoms with E-state index < -0.39 is 54.6 Å². The van der Waals surface area contributed by atoms with Crippen molar-refractivity contribution in [1.29, 1.82) is 0 Å². The molecule has 1 fully saturated rings. The second-order valence-corrected chi connectivity index (χ2v) is 7.95. The van der Waals surface area contributed by atoms with Crippen LogP contribution in [0, 0.1) is 0 Å². The fourth-order valence-electron chi connectivity index (χ4n) is 2.77. The Morgan fingerprint density at radius 1 is 0.767 bits per heavy atom. The monoisotopic (exact) mass is 434 g/mol. The van der Waals surface area contributed by atoms with Crippen LogP contribution < -0.4 is 0 Å². The molecule has 1 heterocycles. The van der Waals surface area contributed by atoms with Crippen LogP contribution in [0.5, 0.6) is 0 Å². The van der Waals surface area contributed by atoms with Crippen molar-refractivity contribution < 1.29 is 52.1 Å². The summed E-state index contributed by atoms with van der Waals surface area (Å²) >= 11 is 0. The Morgan fingerprint density at radius 2 is 1.27 bits per heavy atom. The number of esters is 4. The number of carbonyl (C=O) groups excluding carboxylic acids is 4. The third kappa shape index (κ3) is 9.06. The summed E-state index contributed by atoms with van der Waals surface area (Å²) in [4.78, 5) is 46.3. The van der Waals surface area contributed by atoms with Gasteiger partial charge in [-0.1, -0.05) is 0 Å². The van der Waals surface area contributed by atoms with Gasteiger partial charge in [0.1, 0.15) is 19.3 Å². The van der Waals surface area contributed by atoms with E-state index in [4.69, 9.17) is 28.4 Å². The maximum atomic E-state index is 11.7. The zero-order chi connectivity index (χ0) is 23.1. The molecule has 172 valence electrons. The van der Waals surface area contributed by atoms with Gasteiger partial charge in [-0.2, -0.15) is 0 Å². The molecule has 0 radical (unpaired) electrons. The van der Waals surface area contributed by atoms with Gasteiger partial charge in [0.25, 0.3) is 0 Å². The van der Waals surface area contributed by atoms with Crippen LogP contribution in [0.25, 0.3) is 0 Å². The standard InChI is InChI=1S/C19H32NO10/c1-11(21)26-10-15-16(27-12(2)22)17(28-13(3)23)18(29-14(4)24)19(30-15)25-9-8-20(5,6)7/h15-19H,8-10H2,1-7H3/q+1. The average Bonchev–Trinajstić information content (AvgIpc) is 2.55. The topological polar surface area (TPSA) is 124 Å². The van der Waals surface area contributed by atoms with E-state index in [0.29, 0.717) is 11.0 Å². The van der Waals surface area contributed by atoms with Crippen LogP contribution in [0.3, 0.4) is 0 Å². The van der Waals surface area contributed by atoms with Crippen LogP contribution in [0.1, 0.15) is 27.7 Å². The van der Waals surface area contributed by atoms with Crippen molar-refractivity contribution in [2.45, 2.75) is 58.4 Å². The summed E-state index contributed by atoms with van der Waals surface area (Å²) in [6.45, 7) is 5.28. The molecule has 11 heteroatoms. The molecular formula is C19H32NO10+. The number of nitrogens with zero attached hydrogens (tertiary/aromatic N) is 1. The predicted octanol–water partition coefficient (Wildman–Crippen LogP) is -0.208. The minimum atomic E-state index is -1.22.